The summed E-state index contributed by atoms with van der Waals surface area (Å²) >= 11 is 5.69. The van der Waals surface area contributed by atoms with E-state index in [4.69, 9.17) is 22.1 Å². The first-order chi connectivity index (χ1) is 7.22. The molecule has 4 nitrogen and oxygen atoms in total. The molecule has 1 rings (SSSR count). The Balaban J connectivity index is 2.34. The Morgan fingerprint density at radius 1 is 1.40 bits per heavy atom. The molecule has 0 aliphatic carbocycles. The van der Waals surface area contributed by atoms with Crippen LogP contribution in [0.5, 0.6) is 0 Å². The van der Waals surface area contributed by atoms with Gasteiger partial charge in [0.05, 0.1) is 6.61 Å². The summed E-state index contributed by atoms with van der Waals surface area (Å²) in [5, 5.41) is 3.19. The zero-order valence-corrected chi connectivity index (χ0v) is 8.96. The minimum atomic E-state index is -0.481. The Kier molecular flexibility index (Phi) is 4.93. The monoisotopic (exact) mass is 228 g/mol. The average molecular weight is 229 g/mol. The van der Waals surface area contributed by atoms with Crippen LogP contribution in [0.1, 0.15) is 6.42 Å². The summed E-state index contributed by atoms with van der Waals surface area (Å²) in [5.41, 5.74) is 5.91. The largest absolute Gasteiger partial charge is 0.449 e. The van der Waals surface area contributed by atoms with Gasteiger partial charge in [0.25, 0.3) is 0 Å². The quantitative estimate of drug-likeness (QED) is 0.777. The highest BCUT2D eigenvalue weighted by Gasteiger charge is 2.01. The number of carbonyl (C=O) groups is 1. The van der Waals surface area contributed by atoms with Crippen molar-refractivity contribution in [2.45, 2.75) is 6.42 Å². The summed E-state index contributed by atoms with van der Waals surface area (Å²) in [5.74, 6) is 0. The third-order valence-corrected chi connectivity index (χ3v) is 1.92. The Labute approximate surface area is 93.4 Å². The zero-order valence-electron chi connectivity index (χ0n) is 8.20. The van der Waals surface area contributed by atoms with Gasteiger partial charge in [-0.2, -0.15) is 0 Å². The molecule has 0 bridgehead atoms. The van der Waals surface area contributed by atoms with Gasteiger partial charge >= 0.3 is 6.09 Å². The van der Waals surface area contributed by atoms with Crippen LogP contribution in [0.3, 0.4) is 0 Å². The van der Waals surface area contributed by atoms with Crippen molar-refractivity contribution in [2.75, 3.05) is 18.5 Å². The van der Waals surface area contributed by atoms with E-state index in [9.17, 15) is 4.79 Å². The van der Waals surface area contributed by atoms with Crippen LogP contribution in [-0.2, 0) is 4.74 Å². The molecule has 1 aromatic carbocycles. The van der Waals surface area contributed by atoms with Crippen LogP contribution in [0, 0.1) is 0 Å². The molecule has 1 amide bonds. The van der Waals surface area contributed by atoms with Gasteiger partial charge in [-0.05, 0) is 37.2 Å². The number of carbonyl (C=O) groups excluding carboxylic acids is 1. The van der Waals surface area contributed by atoms with Crippen LogP contribution in [0.4, 0.5) is 10.5 Å². The third kappa shape index (κ3) is 4.67. The number of ether oxygens (including phenoxy) is 1. The molecule has 5 heteroatoms. The lowest BCUT2D eigenvalue weighted by Gasteiger charge is -2.06. The lowest BCUT2D eigenvalue weighted by molar-refractivity contribution is 0.161. The summed E-state index contributed by atoms with van der Waals surface area (Å²) < 4.78 is 4.85. The van der Waals surface area contributed by atoms with E-state index in [1.807, 2.05) is 0 Å². The number of nitrogens with one attached hydrogen (secondary N) is 1. The van der Waals surface area contributed by atoms with Crippen LogP contribution in [-0.4, -0.2) is 19.2 Å². The van der Waals surface area contributed by atoms with Gasteiger partial charge in [0.15, 0.2) is 0 Å². The fraction of sp³-hybridized carbons (Fsp3) is 0.300. The Morgan fingerprint density at radius 3 is 2.67 bits per heavy atom. The van der Waals surface area contributed by atoms with Crippen molar-refractivity contribution in [1.29, 1.82) is 0 Å². The number of anilines is 1. The Morgan fingerprint density at radius 2 is 2.07 bits per heavy atom. The van der Waals surface area contributed by atoms with E-state index in [1.165, 1.54) is 0 Å². The molecular weight excluding hydrogens is 216 g/mol. The van der Waals surface area contributed by atoms with Crippen LogP contribution < -0.4 is 11.1 Å². The van der Waals surface area contributed by atoms with Crippen molar-refractivity contribution in [1.82, 2.24) is 0 Å². The molecule has 0 aromatic heterocycles. The van der Waals surface area contributed by atoms with E-state index < -0.39 is 6.09 Å². The van der Waals surface area contributed by atoms with Crippen LogP contribution in [0.2, 0.25) is 5.02 Å². The fourth-order valence-electron chi connectivity index (χ4n) is 0.935. The predicted octanol–water partition coefficient (Wildman–Crippen LogP) is 2.24. The molecule has 0 spiro atoms. The number of amides is 1. The van der Waals surface area contributed by atoms with Gasteiger partial charge in [-0.3, -0.25) is 5.32 Å². The first-order valence-corrected chi connectivity index (χ1v) is 4.99. The molecule has 0 saturated heterocycles. The van der Waals surface area contributed by atoms with Crippen molar-refractivity contribution < 1.29 is 9.53 Å². The Hall–Kier alpha value is -1.26. The van der Waals surface area contributed by atoms with Gasteiger partial charge in [0.2, 0.25) is 0 Å². The second-order valence-electron chi connectivity index (χ2n) is 2.91. The molecule has 15 heavy (non-hydrogen) atoms. The maximum atomic E-state index is 11.2. The molecule has 82 valence electrons. The van der Waals surface area contributed by atoms with E-state index in [1.54, 1.807) is 24.3 Å². The van der Waals surface area contributed by atoms with Crippen molar-refractivity contribution in [3.63, 3.8) is 0 Å². The van der Waals surface area contributed by atoms with E-state index in [-0.39, 0.29) is 0 Å². The molecule has 0 unspecified atom stereocenters. The molecule has 0 atom stereocenters. The number of hydrogen-bond donors (Lipinski definition) is 2. The van der Waals surface area contributed by atoms with Crippen molar-refractivity contribution >= 4 is 23.4 Å². The minimum absolute atomic E-state index is 0.329. The normalized spacial score (nSPS) is 9.73. The maximum absolute atomic E-state index is 11.2. The number of nitrogens with two attached hydrogens (primary N) is 1. The highest BCUT2D eigenvalue weighted by molar-refractivity contribution is 6.30. The summed E-state index contributed by atoms with van der Waals surface area (Å²) in [6, 6.07) is 6.78. The van der Waals surface area contributed by atoms with Crippen molar-refractivity contribution in [2.24, 2.45) is 5.73 Å². The van der Waals surface area contributed by atoms with Gasteiger partial charge in [0, 0.05) is 10.7 Å². The van der Waals surface area contributed by atoms with Gasteiger partial charge in [-0.15, -0.1) is 0 Å². The number of rotatable bonds is 4. The van der Waals surface area contributed by atoms with Gasteiger partial charge in [-0.25, -0.2) is 4.79 Å². The van der Waals surface area contributed by atoms with E-state index in [2.05, 4.69) is 5.32 Å². The molecule has 1 aromatic rings. The van der Waals surface area contributed by atoms with Crippen LogP contribution in [0.25, 0.3) is 0 Å². The van der Waals surface area contributed by atoms with E-state index >= 15 is 0 Å². The first kappa shape index (κ1) is 11.8. The molecule has 0 heterocycles. The second kappa shape index (κ2) is 6.27. The lowest BCUT2D eigenvalue weighted by atomic mass is 10.3. The predicted molar refractivity (Wildman–Crippen MR) is 60.1 cm³/mol. The molecule has 0 fully saturated rings. The number of hydrogen-bond acceptors (Lipinski definition) is 3. The van der Waals surface area contributed by atoms with Crippen molar-refractivity contribution in [3.05, 3.63) is 29.3 Å². The van der Waals surface area contributed by atoms with Crippen LogP contribution >= 0.6 is 11.6 Å². The molecule has 0 saturated carbocycles. The summed E-state index contributed by atoms with van der Waals surface area (Å²) in [4.78, 5) is 11.2. The number of benzene rings is 1. The SMILES string of the molecule is NCCCOC(=O)Nc1ccc(Cl)cc1. The molecule has 0 radical (unpaired) electrons. The number of halogens is 1. The first-order valence-electron chi connectivity index (χ1n) is 4.62. The van der Waals surface area contributed by atoms with Gasteiger partial charge in [-0.1, -0.05) is 11.6 Å². The zero-order chi connectivity index (χ0) is 11.1. The summed E-state index contributed by atoms with van der Waals surface area (Å²) in [7, 11) is 0. The summed E-state index contributed by atoms with van der Waals surface area (Å²) in [6.45, 7) is 0.837. The molecular formula is C10H13ClN2O2. The van der Waals surface area contributed by atoms with Crippen molar-refractivity contribution in [3.8, 4) is 0 Å². The molecule has 3 N–H and O–H groups in total. The third-order valence-electron chi connectivity index (χ3n) is 1.67. The van der Waals surface area contributed by atoms with Gasteiger partial charge < -0.3 is 10.5 Å². The van der Waals surface area contributed by atoms with E-state index in [0.29, 0.717) is 30.3 Å². The Bertz CT molecular complexity index is 314. The van der Waals surface area contributed by atoms with E-state index in [0.717, 1.165) is 0 Å². The topological polar surface area (TPSA) is 64.3 Å². The summed E-state index contributed by atoms with van der Waals surface area (Å²) in [6.07, 6.45) is 0.180. The second-order valence-corrected chi connectivity index (χ2v) is 3.35. The fourth-order valence-corrected chi connectivity index (χ4v) is 1.06. The highest BCUT2D eigenvalue weighted by Crippen LogP contribution is 2.13. The molecule has 0 aliphatic heterocycles. The smallest absolute Gasteiger partial charge is 0.411 e. The highest BCUT2D eigenvalue weighted by atomic mass is 35.5. The minimum Gasteiger partial charge on any atom is -0.449 e. The molecule has 0 aliphatic rings. The van der Waals surface area contributed by atoms with Gasteiger partial charge in [0.1, 0.15) is 0 Å². The average Bonchev–Trinajstić information content (AvgIpc) is 2.22. The lowest BCUT2D eigenvalue weighted by Crippen LogP contribution is -2.15. The maximum Gasteiger partial charge on any atom is 0.411 e. The standard InChI is InChI=1S/C10H13ClN2O2/c11-8-2-4-9(5-3-8)13-10(14)15-7-1-6-12/h2-5H,1,6-7,12H2,(H,13,14). The van der Waals surface area contributed by atoms with Crippen LogP contribution in [0.15, 0.2) is 24.3 Å².